The first-order chi connectivity index (χ1) is 12.0. The standard InChI is InChI=1S/C19H23ClN2O3/c1-3-21-12-16(13-8-6-5-7-9-13)22(4-2)19(25)14-10-15(20)18(24)11-17(14)23/h5-11,16,21,23-24H,3-4,12H2,1-2H3/t16-/m0/s1. The SMILES string of the molecule is CCNC[C@@H](c1ccccc1)N(CC)C(=O)c1cc(Cl)c(O)cc1O. The van der Waals surface area contributed by atoms with Gasteiger partial charge in [0.2, 0.25) is 0 Å². The van der Waals surface area contributed by atoms with Crippen LogP contribution in [0.3, 0.4) is 0 Å². The van der Waals surface area contributed by atoms with Crippen LogP contribution in [-0.2, 0) is 0 Å². The van der Waals surface area contributed by atoms with Crippen molar-refractivity contribution in [2.75, 3.05) is 19.6 Å². The van der Waals surface area contributed by atoms with E-state index in [9.17, 15) is 15.0 Å². The number of phenols is 2. The van der Waals surface area contributed by atoms with E-state index >= 15 is 0 Å². The minimum absolute atomic E-state index is 0.0279. The molecule has 2 aromatic rings. The van der Waals surface area contributed by atoms with Crippen LogP contribution in [0.25, 0.3) is 0 Å². The van der Waals surface area contributed by atoms with E-state index in [1.165, 1.54) is 6.07 Å². The van der Waals surface area contributed by atoms with Gasteiger partial charge in [0.25, 0.3) is 5.91 Å². The largest absolute Gasteiger partial charge is 0.507 e. The Kier molecular flexibility index (Phi) is 6.67. The van der Waals surface area contributed by atoms with Crippen LogP contribution in [-0.4, -0.2) is 40.7 Å². The van der Waals surface area contributed by atoms with Crippen molar-refractivity contribution < 1.29 is 15.0 Å². The monoisotopic (exact) mass is 362 g/mol. The van der Waals surface area contributed by atoms with Gasteiger partial charge >= 0.3 is 0 Å². The number of hydrogen-bond donors (Lipinski definition) is 3. The van der Waals surface area contributed by atoms with E-state index in [1.807, 2.05) is 44.2 Å². The zero-order valence-electron chi connectivity index (χ0n) is 14.4. The van der Waals surface area contributed by atoms with Gasteiger partial charge in [0, 0.05) is 19.2 Å². The normalized spacial score (nSPS) is 12.0. The van der Waals surface area contributed by atoms with Gasteiger partial charge in [0.15, 0.2) is 0 Å². The molecule has 0 aliphatic carbocycles. The van der Waals surface area contributed by atoms with Gasteiger partial charge in [-0.05, 0) is 25.1 Å². The maximum Gasteiger partial charge on any atom is 0.258 e. The molecule has 2 rings (SSSR count). The number of benzene rings is 2. The smallest absolute Gasteiger partial charge is 0.258 e. The van der Waals surface area contributed by atoms with E-state index in [0.29, 0.717) is 13.1 Å². The number of nitrogens with zero attached hydrogens (tertiary/aromatic N) is 1. The van der Waals surface area contributed by atoms with Crippen molar-refractivity contribution in [2.24, 2.45) is 0 Å². The predicted octanol–water partition coefficient (Wildman–Crippen LogP) is 3.56. The lowest BCUT2D eigenvalue weighted by atomic mass is 10.0. The Hall–Kier alpha value is -2.24. The van der Waals surface area contributed by atoms with Crippen LogP contribution in [0, 0.1) is 0 Å². The number of nitrogens with one attached hydrogen (secondary N) is 1. The van der Waals surface area contributed by atoms with E-state index in [4.69, 9.17) is 11.6 Å². The zero-order chi connectivity index (χ0) is 18.4. The molecule has 2 aromatic carbocycles. The molecule has 0 aliphatic heterocycles. The molecule has 0 saturated heterocycles. The fourth-order valence-electron chi connectivity index (χ4n) is 2.75. The Morgan fingerprint density at radius 1 is 1.16 bits per heavy atom. The lowest BCUT2D eigenvalue weighted by molar-refractivity contribution is 0.0683. The summed E-state index contributed by atoms with van der Waals surface area (Å²) in [4.78, 5) is 14.7. The number of carbonyl (C=O) groups is 1. The Labute approximate surface area is 152 Å². The van der Waals surface area contributed by atoms with Crippen LogP contribution in [0.2, 0.25) is 5.02 Å². The molecule has 3 N–H and O–H groups in total. The average Bonchev–Trinajstić information content (AvgIpc) is 2.62. The number of phenolic OH excluding ortho intramolecular Hbond substituents is 2. The molecule has 134 valence electrons. The van der Waals surface area contributed by atoms with Crippen molar-refractivity contribution >= 4 is 17.5 Å². The summed E-state index contributed by atoms with van der Waals surface area (Å²) in [6.45, 7) is 5.73. The van der Waals surface area contributed by atoms with Crippen LogP contribution in [0.4, 0.5) is 0 Å². The van der Waals surface area contributed by atoms with Crippen LogP contribution in [0.15, 0.2) is 42.5 Å². The number of carbonyl (C=O) groups excluding carboxylic acids is 1. The van der Waals surface area contributed by atoms with Crippen LogP contribution in [0.5, 0.6) is 11.5 Å². The summed E-state index contributed by atoms with van der Waals surface area (Å²) in [7, 11) is 0. The third-order valence-corrected chi connectivity index (χ3v) is 4.35. The Balaban J connectivity index is 2.40. The Morgan fingerprint density at radius 2 is 1.84 bits per heavy atom. The Morgan fingerprint density at radius 3 is 2.44 bits per heavy atom. The third-order valence-electron chi connectivity index (χ3n) is 4.05. The number of likely N-dealkylation sites (N-methyl/N-ethyl adjacent to an activating group) is 2. The first-order valence-electron chi connectivity index (χ1n) is 8.27. The maximum absolute atomic E-state index is 13.0. The average molecular weight is 363 g/mol. The minimum atomic E-state index is -0.339. The molecule has 25 heavy (non-hydrogen) atoms. The van der Waals surface area contributed by atoms with Crippen molar-refractivity contribution in [3.8, 4) is 11.5 Å². The number of rotatable bonds is 7. The van der Waals surface area contributed by atoms with Crippen molar-refractivity contribution in [3.63, 3.8) is 0 Å². The van der Waals surface area contributed by atoms with Gasteiger partial charge in [-0.1, -0.05) is 48.9 Å². The van der Waals surface area contributed by atoms with Crippen LogP contribution >= 0.6 is 11.6 Å². The molecule has 0 unspecified atom stereocenters. The molecule has 0 aromatic heterocycles. The maximum atomic E-state index is 13.0. The third kappa shape index (κ3) is 4.44. The van der Waals surface area contributed by atoms with E-state index in [-0.39, 0.29) is 34.0 Å². The van der Waals surface area contributed by atoms with Gasteiger partial charge in [0.05, 0.1) is 16.6 Å². The Bertz CT molecular complexity index is 722. The molecule has 0 radical (unpaired) electrons. The summed E-state index contributed by atoms with van der Waals surface area (Å²) >= 11 is 5.91. The molecule has 6 heteroatoms. The number of halogens is 1. The van der Waals surface area contributed by atoms with Gasteiger partial charge < -0.3 is 20.4 Å². The summed E-state index contributed by atoms with van der Waals surface area (Å²) < 4.78 is 0. The van der Waals surface area contributed by atoms with Crippen molar-refractivity contribution in [3.05, 3.63) is 58.6 Å². The highest BCUT2D eigenvalue weighted by Gasteiger charge is 2.27. The van der Waals surface area contributed by atoms with Gasteiger partial charge in [-0.3, -0.25) is 4.79 Å². The zero-order valence-corrected chi connectivity index (χ0v) is 15.1. The highest BCUT2D eigenvalue weighted by molar-refractivity contribution is 6.32. The fraction of sp³-hybridized carbons (Fsp3) is 0.316. The van der Waals surface area contributed by atoms with Crippen LogP contribution in [0.1, 0.15) is 35.8 Å². The van der Waals surface area contributed by atoms with Gasteiger partial charge in [-0.2, -0.15) is 0 Å². The topological polar surface area (TPSA) is 72.8 Å². The van der Waals surface area contributed by atoms with Gasteiger partial charge in [-0.15, -0.1) is 0 Å². The molecule has 1 amide bonds. The van der Waals surface area contributed by atoms with Gasteiger partial charge in [-0.25, -0.2) is 0 Å². The fourth-order valence-corrected chi connectivity index (χ4v) is 2.91. The molecule has 1 atom stereocenters. The molecule has 0 fully saturated rings. The predicted molar refractivity (Wildman–Crippen MR) is 99.2 cm³/mol. The summed E-state index contributed by atoms with van der Waals surface area (Å²) in [6, 6.07) is 11.9. The van der Waals surface area contributed by atoms with Crippen molar-refractivity contribution in [2.45, 2.75) is 19.9 Å². The van der Waals surface area contributed by atoms with Crippen molar-refractivity contribution in [1.82, 2.24) is 10.2 Å². The van der Waals surface area contributed by atoms with E-state index in [1.54, 1.807) is 4.90 Å². The second kappa shape index (κ2) is 8.74. The highest BCUT2D eigenvalue weighted by atomic mass is 35.5. The lowest BCUT2D eigenvalue weighted by Crippen LogP contribution is -2.40. The molecule has 5 nitrogen and oxygen atoms in total. The minimum Gasteiger partial charge on any atom is -0.507 e. The molecule has 0 heterocycles. The highest BCUT2D eigenvalue weighted by Crippen LogP contribution is 2.33. The second-order valence-corrected chi connectivity index (χ2v) is 6.05. The number of aromatic hydroxyl groups is 2. The summed E-state index contributed by atoms with van der Waals surface area (Å²) in [5.41, 5.74) is 1.07. The summed E-state index contributed by atoms with van der Waals surface area (Å²) in [5, 5.41) is 23.0. The molecular weight excluding hydrogens is 340 g/mol. The number of amides is 1. The lowest BCUT2D eigenvalue weighted by Gasteiger charge is -2.32. The van der Waals surface area contributed by atoms with Crippen molar-refractivity contribution in [1.29, 1.82) is 0 Å². The van der Waals surface area contributed by atoms with E-state index < -0.39 is 0 Å². The summed E-state index contributed by atoms with van der Waals surface area (Å²) in [6.07, 6.45) is 0. The molecule has 0 saturated carbocycles. The van der Waals surface area contributed by atoms with Gasteiger partial charge in [0.1, 0.15) is 11.5 Å². The second-order valence-electron chi connectivity index (χ2n) is 5.65. The summed E-state index contributed by atoms with van der Waals surface area (Å²) in [5.74, 6) is -0.889. The van der Waals surface area contributed by atoms with E-state index in [2.05, 4.69) is 5.32 Å². The molecule has 0 aliphatic rings. The first-order valence-corrected chi connectivity index (χ1v) is 8.65. The molecule has 0 spiro atoms. The molecular formula is C19H23ClN2O3. The molecule has 0 bridgehead atoms. The van der Waals surface area contributed by atoms with E-state index in [0.717, 1.165) is 18.2 Å². The van der Waals surface area contributed by atoms with Crippen LogP contribution < -0.4 is 5.32 Å². The number of hydrogen-bond acceptors (Lipinski definition) is 4. The first kappa shape index (κ1) is 19.1. The quantitative estimate of drug-likeness (QED) is 0.704.